The monoisotopic (exact) mass is 294 g/mol. The van der Waals surface area contributed by atoms with Gasteiger partial charge in [-0.2, -0.15) is 0 Å². The first-order valence-electron chi connectivity index (χ1n) is 9.73. The molecule has 0 amide bonds. The molecule has 3 atom stereocenters. The lowest BCUT2D eigenvalue weighted by molar-refractivity contribution is 0.0905. The highest BCUT2D eigenvalue weighted by Crippen LogP contribution is 2.26. The van der Waals surface area contributed by atoms with Gasteiger partial charge in [0.25, 0.3) is 0 Å². The molecule has 1 N–H and O–H groups in total. The predicted molar refractivity (Wildman–Crippen MR) is 92.8 cm³/mol. The summed E-state index contributed by atoms with van der Waals surface area (Å²) in [6, 6.07) is 2.32. The summed E-state index contributed by atoms with van der Waals surface area (Å²) >= 11 is 0. The van der Waals surface area contributed by atoms with Crippen molar-refractivity contribution >= 4 is 0 Å². The molecule has 0 aromatic heterocycles. The molecule has 0 spiro atoms. The van der Waals surface area contributed by atoms with E-state index in [9.17, 15) is 0 Å². The average Bonchev–Trinajstić information content (AvgIpc) is 2.53. The fraction of sp³-hybridized carbons (Fsp3) is 1.00. The third-order valence-corrected chi connectivity index (χ3v) is 5.82. The Bertz CT molecular complexity index is 271. The Morgan fingerprint density at radius 3 is 2.48 bits per heavy atom. The van der Waals surface area contributed by atoms with E-state index in [1.807, 2.05) is 0 Å². The van der Waals surface area contributed by atoms with Crippen molar-refractivity contribution in [2.24, 2.45) is 5.92 Å². The van der Waals surface area contributed by atoms with Gasteiger partial charge < -0.3 is 5.32 Å². The number of piperidine rings is 1. The van der Waals surface area contributed by atoms with Crippen molar-refractivity contribution in [2.75, 3.05) is 13.1 Å². The van der Waals surface area contributed by atoms with Gasteiger partial charge in [0.1, 0.15) is 0 Å². The summed E-state index contributed by atoms with van der Waals surface area (Å²) in [5.74, 6) is 0.925. The van der Waals surface area contributed by atoms with Crippen LogP contribution in [-0.2, 0) is 0 Å². The Kier molecular flexibility index (Phi) is 7.53. The van der Waals surface area contributed by atoms with Crippen molar-refractivity contribution < 1.29 is 0 Å². The molecular formula is C19H38N2. The second-order valence-electron chi connectivity index (χ2n) is 7.65. The highest BCUT2D eigenvalue weighted by atomic mass is 15.2. The molecule has 0 radical (unpaired) electrons. The van der Waals surface area contributed by atoms with E-state index < -0.39 is 0 Å². The normalized spacial score (nSPS) is 30.4. The average molecular weight is 295 g/mol. The zero-order chi connectivity index (χ0) is 15.1. The first-order valence-corrected chi connectivity index (χ1v) is 9.73. The minimum atomic E-state index is 0.748. The summed E-state index contributed by atoms with van der Waals surface area (Å²) < 4.78 is 0. The van der Waals surface area contributed by atoms with Gasteiger partial charge in [0.05, 0.1) is 0 Å². The highest BCUT2D eigenvalue weighted by Gasteiger charge is 2.30. The van der Waals surface area contributed by atoms with Gasteiger partial charge in [-0.1, -0.05) is 46.0 Å². The molecule has 0 aromatic rings. The van der Waals surface area contributed by atoms with E-state index in [1.54, 1.807) is 0 Å². The molecule has 124 valence electrons. The molecule has 21 heavy (non-hydrogen) atoms. The van der Waals surface area contributed by atoms with Crippen molar-refractivity contribution in [3.8, 4) is 0 Å². The number of rotatable bonds is 7. The topological polar surface area (TPSA) is 15.3 Å². The molecule has 1 saturated carbocycles. The van der Waals surface area contributed by atoms with Crippen molar-refractivity contribution in [3.63, 3.8) is 0 Å². The van der Waals surface area contributed by atoms with Crippen molar-refractivity contribution in [1.82, 2.24) is 10.2 Å². The lowest BCUT2D eigenvalue weighted by Gasteiger charge is -2.43. The van der Waals surface area contributed by atoms with E-state index in [0.717, 1.165) is 24.0 Å². The molecule has 1 saturated heterocycles. The van der Waals surface area contributed by atoms with Crippen LogP contribution < -0.4 is 5.32 Å². The third kappa shape index (κ3) is 5.56. The zero-order valence-corrected chi connectivity index (χ0v) is 14.7. The summed E-state index contributed by atoms with van der Waals surface area (Å²) in [6.45, 7) is 9.71. The Morgan fingerprint density at radius 2 is 1.81 bits per heavy atom. The van der Waals surface area contributed by atoms with Gasteiger partial charge in [-0.25, -0.2) is 0 Å². The number of nitrogens with zero attached hydrogens (tertiary/aromatic N) is 1. The number of hydrogen-bond acceptors (Lipinski definition) is 2. The molecule has 1 aliphatic carbocycles. The lowest BCUT2D eigenvalue weighted by atomic mass is 9.87. The van der Waals surface area contributed by atoms with Crippen LogP contribution >= 0.6 is 0 Å². The minimum Gasteiger partial charge on any atom is -0.310 e. The van der Waals surface area contributed by atoms with Crippen LogP contribution in [0.1, 0.15) is 85.0 Å². The molecular weight excluding hydrogens is 256 g/mol. The molecule has 2 fully saturated rings. The third-order valence-electron chi connectivity index (χ3n) is 5.82. The zero-order valence-electron chi connectivity index (χ0n) is 14.7. The van der Waals surface area contributed by atoms with Crippen LogP contribution in [0.15, 0.2) is 0 Å². The number of nitrogens with one attached hydrogen (secondary N) is 1. The molecule has 2 nitrogen and oxygen atoms in total. The summed E-state index contributed by atoms with van der Waals surface area (Å²) in [5.41, 5.74) is 0. The number of likely N-dealkylation sites (tertiary alicyclic amines) is 1. The summed E-state index contributed by atoms with van der Waals surface area (Å²) in [5, 5.41) is 4.03. The largest absolute Gasteiger partial charge is 0.310 e. The minimum absolute atomic E-state index is 0.748. The van der Waals surface area contributed by atoms with Gasteiger partial charge in [-0.3, -0.25) is 4.90 Å². The van der Waals surface area contributed by atoms with Gasteiger partial charge in [0, 0.05) is 31.2 Å². The molecule has 1 heterocycles. The molecule has 1 aliphatic heterocycles. The van der Waals surface area contributed by atoms with Crippen LogP contribution in [-0.4, -0.2) is 36.1 Å². The lowest BCUT2D eigenvalue weighted by Crippen LogP contribution is -2.54. The van der Waals surface area contributed by atoms with Crippen molar-refractivity contribution in [2.45, 2.75) is 103 Å². The quantitative estimate of drug-likeness (QED) is 0.739. The molecule has 2 rings (SSSR count). The van der Waals surface area contributed by atoms with Gasteiger partial charge in [0.2, 0.25) is 0 Å². The maximum atomic E-state index is 4.03. The fourth-order valence-electron chi connectivity index (χ4n) is 4.28. The van der Waals surface area contributed by atoms with E-state index in [1.165, 1.54) is 77.3 Å². The Morgan fingerprint density at radius 1 is 1.05 bits per heavy atom. The number of hydrogen-bond donors (Lipinski definition) is 1. The van der Waals surface area contributed by atoms with Gasteiger partial charge in [-0.15, -0.1) is 0 Å². The van der Waals surface area contributed by atoms with E-state index in [2.05, 4.69) is 31.0 Å². The SMILES string of the molecule is CCCCC1CC(NC2CCCCC2)CN(C(C)CC)C1. The van der Waals surface area contributed by atoms with Crippen molar-refractivity contribution in [3.05, 3.63) is 0 Å². The maximum absolute atomic E-state index is 4.03. The van der Waals surface area contributed by atoms with Crippen LogP contribution in [0.25, 0.3) is 0 Å². The van der Waals surface area contributed by atoms with Gasteiger partial charge >= 0.3 is 0 Å². The van der Waals surface area contributed by atoms with E-state index >= 15 is 0 Å². The Hall–Kier alpha value is -0.0800. The van der Waals surface area contributed by atoms with Crippen LogP contribution in [0.5, 0.6) is 0 Å². The second kappa shape index (κ2) is 9.15. The summed E-state index contributed by atoms with van der Waals surface area (Å²) in [7, 11) is 0. The smallest absolute Gasteiger partial charge is 0.0200 e. The first kappa shape index (κ1) is 17.3. The van der Waals surface area contributed by atoms with Crippen molar-refractivity contribution in [1.29, 1.82) is 0 Å². The van der Waals surface area contributed by atoms with E-state index in [4.69, 9.17) is 0 Å². The van der Waals surface area contributed by atoms with Gasteiger partial charge in [0.15, 0.2) is 0 Å². The van der Waals surface area contributed by atoms with Crippen LogP contribution in [0.2, 0.25) is 0 Å². The van der Waals surface area contributed by atoms with Gasteiger partial charge in [-0.05, 0) is 44.9 Å². The van der Waals surface area contributed by atoms with Crippen LogP contribution in [0.4, 0.5) is 0 Å². The fourth-order valence-corrected chi connectivity index (χ4v) is 4.28. The summed E-state index contributed by atoms with van der Waals surface area (Å²) in [6.07, 6.45) is 14.1. The first-order chi connectivity index (χ1) is 10.2. The van der Waals surface area contributed by atoms with E-state index in [-0.39, 0.29) is 0 Å². The maximum Gasteiger partial charge on any atom is 0.0200 e. The standard InChI is InChI=1S/C19H38N2/c1-4-6-10-17-13-19(15-21(14-17)16(3)5-2)20-18-11-8-7-9-12-18/h16-20H,4-15H2,1-3H3. The second-order valence-corrected chi connectivity index (χ2v) is 7.65. The Labute approximate surface area is 133 Å². The molecule has 2 aliphatic rings. The molecule has 0 aromatic carbocycles. The van der Waals surface area contributed by atoms with Crippen LogP contribution in [0, 0.1) is 5.92 Å². The van der Waals surface area contributed by atoms with E-state index in [0.29, 0.717) is 0 Å². The molecule has 3 unspecified atom stereocenters. The summed E-state index contributed by atoms with van der Waals surface area (Å²) in [4.78, 5) is 2.77. The number of unbranched alkanes of at least 4 members (excludes halogenated alkanes) is 1. The van der Waals surface area contributed by atoms with Crippen LogP contribution in [0.3, 0.4) is 0 Å². The highest BCUT2D eigenvalue weighted by molar-refractivity contribution is 4.88. The molecule has 0 bridgehead atoms. The molecule has 2 heteroatoms. The Balaban J connectivity index is 1.87. The predicted octanol–water partition coefficient (Wildman–Crippen LogP) is 4.59.